The first kappa shape index (κ1) is 13.1. The molecule has 0 spiro atoms. The molecule has 110 valence electrons. The summed E-state index contributed by atoms with van der Waals surface area (Å²) in [5, 5.41) is 6.49. The Morgan fingerprint density at radius 2 is 2.05 bits per heavy atom. The highest BCUT2D eigenvalue weighted by Gasteiger charge is 2.30. The molecule has 4 nitrogen and oxygen atoms in total. The van der Waals surface area contributed by atoms with E-state index in [2.05, 4.69) is 32.7 Å². The molecular formula is C16H19N3OS. The number of carbonyl (C=O) groups is 1. The lowest BCUT2D eigenvalue weighted by molar-refractivity contribution is -0.125. The minimum atomic E-state index is 0.184. The molecule has 5 heteroatoms. The lowest BCUT2D eigenvalue weighted by Gasteiger charge is -2.32. The molecule has 0 aromatic carbocycles. The van der Waals surface area contributed by atoms with Gasteiger partial charge < -0.3 is 10.2 Å². The minimum Gasteiger partial charge on any atom is -0.356 e. The van der Waals surface area contributed by atoms with Crippen LogP contribution in [0.5, 0.6) is 0 Å². The molecule has 2 aromatic heterocycles. The Kier molecular flexibility index (Phi) is 3.30. The van der Waals surface area contributed by atoms with Gasteiger partial charge in [-0.05, 0) is 43.2 Å². The minimum absolute atomic E-state index is 0.184. The second-order valence-corrected chi connectivity index (χ2v) is 6.96. The normalized spacial score (nSPS) is 19.9. The molecule has 1 saturated carbocycles. The Morgan fingerprint density at radius 1 is 1.24 bits per heavy atom. The number of aromatic nitrogens is 1. The highest BCUT2D eigenvalue weighted by Crippen LogP contribution is 2.31. The SMILES string of the molecule is O=C(NC1CC1)C1CCN(c2nccc3sccc23)CC1. The number of hydrogen-bond acceptors (Lipinski definition) is 4. The molecule has 2 aromatic rings. The van der Waals surface area contributed by atoms with Crippen molar-refractivity contribution in [2.24, 2.45) is 5.92 Å². The zero-order valence-corrected chi connectivity index (χ0v) is 12.7. The summed E-state index contributed by atoms with van der Waals surface area (Å²) in [6.07, 6.45) is 6.07. The van der Waals surface area contributed by atoms with Gasteiger partial charge >= 0.3 is 0 Å². The Hall–Kier alpha value is -1.62. The van der Waals surface area contributed by atoms with E-state index < -0.39 is 0 Å². The molecule has 0 atom stereocenters. The van der Waals surface area contributed by atoms with Gasteiger partial charge in [0, 0.05) is 41.3 Å². The maximum atomic E-state index is 12.1. The lowest BCUT2D eigenvalue weighted by Crippen LogP contribution is -2.41. The lowest BCUT2D eigenvalue weighted by atomic mass is 9.95. The smallest absolute Gasteiger partial charge is 0.223 e. The zero-order chi connectivity index (χ0) is 14.2. The summed E-state index contributed by atoms with van der Waals surface area (Å²) in [5.74, 6) is 1.53. The summed E-state index contributed by atoms with van der Waals surface area (Å²) < 4.78 is 1.29. The van der Waals surface area contributed by atoms with Crippen LogP contribution in [-0.2, 0) is 4.79 Å². The van der Waals surface area contributed by atoms with Crippen molar-refractivity contribution in [2.45, 2.75) is 31.7 Å². The molecule has 2 aliphatic rings. The van der Waals surface area contributed by atoms with Crippen molar-refractivity contribution in [1.29, 1.82) is 0 Å². The fourth-order valence-electron chi connectivity index (χ4n) is 3.03. The third-order valence-electron chi connectivity index (χ3n) is 4.45. The van der Waals surface area contributed by atoms with E-state index in [1.807, 2.05) is 6.20 Å². The van der Waals surface area contributed by atoms with Gasteiger partial charge in [-0.25, -0.2) is 4.98 Å². The molecule has 0 unspecified atom stereocenters. The van der Waals surface area contributed by atoms with Crippen LogP contribution in [0.3, 0.4) is 0 Å². The molecule has 1 N–H and O–H groups in total. The average molecular weight is 301 g/mol. The Bertz CT molecular complexity index is 656. The number of fused-ring (bicyclic) bond motifs is 1. The molecule has 1 amide bonds. The van der Waals surface area contributed by atoms with E-state index in [9.17, 15) is 4.79 Å². The number of carbonyl (C=O) groups excluding carboxylic acids is 1. The molecule has 2 fully saturated rings. The van der Waals surface area contributed by atoms with Crippen molar-refractivity contribution in [3.63, 3.8) is 0 Å². The van der Waals surface area contributed by atoms with E-state index in [0.29, 0.717) is 6.04 Å². The van der Waals surface area contributed by atoms with Gasteiger partial charge in [-0.2, -0.15) is 0 Å². The average Bonchev–Trinajstić information content (AvgIpc) is 3.20. The largest absolute Gasteiger partial charge is 0.356 e. The highest BCUT2D eigenvalue weighted by atomic mass is 32.1. The first-order valence-electron chi connectivity index (χ1n) is 7.69. The fourth-order valence-corrected chi connectivity index (χ4v) is 3.81. The first-order chi connectivity index (χ1) is 10.3. The van der Waals surface area contributed by atoms with Crippen LogP contribution in [0.1, 0.15) is 25.7 Å². The van der Waals surface area contributed by atoms with Crippen molar-refractivity contribution >= 4 is 33.1 Å². The van der Waals surface area contributed by atoms with E-state index >= 15 is 0 Å². The second kappa shape index (κ2) is 5.30. The van der Waals surface area contributed by atoms with Crippen LogP contribution in [0.25, 0.3) is 10.1 Å². The van der Waals surface area contributed by atoms with Crippen LogP contribution in [-0.4, -0.2) is 30.0 Å². The molecule has 1 saturated heterocycles. The fraction of sp³-hybridized carbons (Fsp3) is 0.500. The van der Waals surface area contributed by atoms with Crippen LogP contribution in [0.15, 0.2) is 23.7 Å². The number of thiophene rings is 1. The van der Waals surface area contributed by atoms with Gasteiger partial charge in [0.15, 0.2) is 0 Å². The van der Waals surface area contributed by atoms with Crippen molar-refractivity contribution in [3.8, 4) is 0 Å². The summed E-state index contributed by atoms with van der Waals surface area (Å²) in [4.78, 5) is 19.0. The van der Waals surface area contributed by atoms with Gasteiger partial charge in [0.2, 0.25) is 5.91 Å². The Morgan fingerprint density at radius 3 is 2.81 bits per heavy atom. The maximum absolute atomic E-state index is 12.1. The monoisotopic (exact) mass is 301 g/mol. The topological polar surface area (TPSA) is 45.2 Å². The van der Waals surface area contributed by atoms with E-state index in [-0.39, 0.29) is 11.8 Å². The van der Waals surface area contributed by atoms with E-state index in [1.165, 1.54) is 10.1 Å². The third kappa shape index (κ3) is 2.62. The predicted molar refractivity (Wildman–Crippen MR) is 85.7 cm³/mol. The van der Waals surface area contributed by atoms with Crippen molar-refractivity contribution in [2.75, 3.05) is 18.0 Å². The standard InChI is InChI=1S/C16H19N3OS/c20-16(18-12-1-2-12)11-4-8-19(9-5-11)15-13-6-10-21-14(13)3-7-17-15/h3,6-7,10-12H,1-2,4-5,8-9H2,(H,18,20). The van der Waals surface area contributed by atoms with Crippen molar-refractivity contribution in [1.82, 2.24) is 10.3 Å². The molecular weight excluding hydrogens is 282 g/mol. The molecule has 4 rings (SSSR count). The third-order valence-corrected chi connectivity index (χ3v) is 5.33. The summed E-state index contributed by atoms with van der Waals surface area (Å²) in [6.45, 7) is 1.84. The summed E-state index contributed by atoms with van der Waals surface area (Å²) in [5.41, 5.74) is 0. The van der Waals surface area contributed by atoms with E-state index in [0.717, 1.165) is 44.6 Å². The van der Waals surface area contributed by atoms with Crippen molar-refractivity contribution in [3.05, 3.63) is 23.7 Å². The number of amides is 1. The van der Waals surface area contributed by atoms with Crippen LogP contribution in [0.4, 0.5) is 5.82 Å². The number of rotatable bonds is 3. The summed E-state index contributed by atoms with van der Waals surface area (Å²) in [7, 11) is 0. The van der Waals surface area contributed by atoms with Gasteiger partial charge in [-0.15, -0.1) is 11.3 Å². The second-order valence-electron chi connectivity index (χ2n) is 6.01. The molecule has 1 aliphatic heterocycles. The number of nitrogens with one attached hydrogen (secondary N) is 1. The van der Waals surface area contributed by atoms with Crippen LogP contribution >= 0.6 is 11.3 Å². The summed E-state index contributed by atoms with van der Waals surface area (Å²) in [6, 6.07) is 4.69. The Labute approximate surface area is 128 Å². The van der Waals surface area contributed by atoms with E-state index in [1.54, 1.807) is 11.3 Å². The quantitative estimate of drug-likeness (QED) is 0.948. The van der Waals surface area contributed by atoms with Gasteiger partial charge in [0.05, 0.1) is 0 Å². The zero-order valence-electron chi connectivity index (χ0n) is 11.9. The molecule has 0 bridgehead atoms. The van der Waals surface area contributed by atoms with Gasteiger partial charge in [-0.3, -0.25) is 4.79 Å². The van der Waals surface area contributed by atoms with Gasteiger partial charge in [-0.1, -0.05) is 0 Å². The number of pyridine rings is 1. The molecule has 3 heterocycles. The maximum Gasteiger partial charge on any atom is 0.223 e. The van der Waals surface area contributed by atoms with E-state index in [4.69, 9.17) is 0 Å². The van der Waals surface area contributed by atoms with Crippen LogP contribution in [0, 0.1) is 5.92 Å². The Balaban J connectivity index is 1.44. The molecule has 21 heavy (non-hydrogen) atoms. The number of anilines is 1. The predicted octanol–water partition coefficient (Wildman–Crippen LogP) is 2.79. The van der Waals surface area contributed by atoms with Gasteiger partial charge in [0.1, 0.15) is 5.82 Å². The molecule has 0 radical (unpaired) electrons. The number of piperidine rings is 1. The number of nitrogens with zero attached hydrogens (tertiary/aromatic N) is 2. The first-order valence-corrected chi connectivity index (χ1v) is 8.57. The van der Waals surface area contributed by atoms with Crippen LogP contribution < -0.4 is 10.2 Å². The molecule has 1 aliphatic carbocycles. The van der Waals surface area contributed by atoms with Crippen molar-refractivity contribution < 1.29 is 4.79 Å². The van der Waals surface area contributed by atoms with Crippen LogP contribution in [0.2, 0.25) is 0 Å². The highest BCUT2D eigenvalue weighted by molar-refractivity contribution is 7.17. The number of hydrogen-bond donors (Lipinski definition) is 1. The van der Waals surface area contributed by atoms with Gasteiger partial charge in [0.25, 0.3) is 0 Å². The summed E-state index contributed by atoms with van der Waals surface area (Å²) >= 11 is 1.75.